The first-order valence-corrected chi connectivity index (χ1v) is 5.05. The minimum atomic E-state index is -0.146. The molecule has 0 saturated carbocycles. The zero-order valence-corrected chi connectivity index (χ0v) is 8.19. The largest absolute Gasteiger partial charge is 0.469 e. The van der Waals surface area contributed by atoms with Gasteiger partial charge < -0.3 is 10.1 Å². The van der Waals surface area contributed by atoms with E-state index < -0.39 is 0 Å². The summed E-state index contributed by atoms with van der Waals surface area (Å²) < 4.78 is 4.74. The third kappa shape index (κ3) is 1.47. The lowest BCUT2D eigenvalue weighted by atomic mass is 9.97. The standard InChI is InChI=1S/C9H11NO2S/c1-12-9(11)7-4-10-5-8-6(7)2-3-13-8/h2-3,7,10H,4-5H2,1H3. The lowest BCUT2D eigenvalue weighted by Crippen LogP contribution is -2.32. The highest BCUT2D eigenvalue weighted by Gasteiger charge is 2.27. The molecule has 0 aliphatic carbocycles. The van der Waals surface area contributed by atoms with Crippen LogP contribution in [0.25, 0.3) is 0 Å². The van der Waals surface area contributed by atoms with Gasteiger partial charge in [0.05, 0.1) is 13.0 Å². The highest BCUT2D eigenvalue weighted by atomic mass is 32.1. The molecule has 1 N–H and O–H groups in total. The van der Waals surface area contributed by atoms with Crippen LogP contribution in [0.2, 0.25) is 0 Å². The number of carbonyl (C=O) groups excluding carboxylic acids is 1. The maximum atomic E-state index is 11.4. The van der Waals surface area contributed by atoms with Crippen LogP contribution in [0.4, 0.5) is 0 Å². The molecule has 1 aliphatic heterocycles. The highest BCUT2D eigenvalue weighted by Crippen LogP contribution is 2.28. The third-order valence-corrected chi connectivity index (χ3v) is 3.21. The first kappa shape index (κ1) is 8.72. The molecule has 1 atom stereocenters. The van der Waals surface area contributed by atoms with Crippen LogP contribution < -0.4 is 5.32 Å². The SMILES string of the molecule is COC(=O)C1CNCc2sccc21. The molecule has 0 saturated heterocycles. The van der Waals surface area contributed by atoms with E-state index in [0.717, 1.165) is 12.1 Å². The molecule has 1 unspecified atom stereocenters. The quantitative estimate of drug-likeness (QED) is 0.685. The van der Waals surface area contributed by atoms with Gasteiger partial charge in [-0.2, -0.15) is 0 Å². The molecule has 3 nitrogen and oxygen atoms in total. The van der Waals surface area contributed by atoms with Crippen molar-refractivity contribution in [3.8, 4) is 0 Å². The molecular formula is C9H11NO2S. The van der Waals surface area contributed by atoms with Crippen LogP contribution in [0.1, 0.15) is 16.4 Å². The molecule has 2 heterocycles. The van der Waals surface area contributed by atoms with Crippen molar-refractivity contribution >= 4 is 17.3 Å². The van der Waals surface area contributed by atoms with E-state index in [0.29, 0.717) is 6.54 Å². The summed E-state index contributed by atoms with van der Waals surface area (Å²) in [5.41, 5.74) is 1.13. The maximum absolute atomic E-state index is 11.4. The number of esters is 1. The molecule has 0 fully saturated rings. The molecule has 0 aromatic carbocycles. The number of fused-ring (bicyclic) bond motifs is 1. The van der Waals surface area contributed by atoms with E-state index in [9.17, 15) is 4.79 Å². The highest BCUT2D eigenvalue weighted by molar-refractivity contribution is 7.10. The average molecular weight is 197 g/mol. The predicted molar refractivity (Wildman–Crippen MR) is 50.8 cm³/mol. The first-order valence-electron chi connectivity index (χ1n) is 4.17. The second-order valence-electron chi connectivity index (χ2n) is 3.01. The van der Waals surface area contributed by atoms with Crippen molar-refractivity contribution in [3.05, 3.63) is 21.9 Å². The van der Waals surface area contributed by atoms with Gasteiger partial charge in [0.2, 0.25) is 0 Å². The van der Waals surface area contributed by atoms with Crippen molar-refractivity contribution in [1.82, 2.24) is 5.32 Å². The van der Waals surface area contributed by atoms with Crippen LogP contribution in [0.5, 0.6) is 0 Å². The van der Waals surface area contributed by atoms with Gasteiger partial charge >= 0.3 is 5.97 Å². The van der Waals surface area contributed by atoms with Crippen molar-refractivity contribution in [1.29, 1.82) is 0 Å². The molecule has 1 aromatic rings. The van der Waals surface area contributed by atoms with Gasteiger partial charge in [0.15, 0.2) is 0 Å². The van der Waals surface area contributed by atoms with Crippen molar-refractivity contribution < 1.29 is 9.53 Å². The Morgan fingerprint density at radius 2 is 2.62 bits per heavy atom. The van der Waals surface area contributed by atoms with Gasteiger partial charge in [0.1, 0.15) is 0 Å². The fraction of sp³-hybridized carbons (Fsp3) is 0.444. The lowest BCUT2D eigenvalue weighted by molar-refractivity contribution is -0.142. The van der Waals surface area contributed by atoms with Gasteiger partial charge in [-0.05, 0) is 17.0 Å². The zero-order chi connectivity index (χ0) is 9.26. The van der Waals surface area contributed by atoms with Crippen molar-refractivity contribution in [2.24, 2.45) is 0 Å². The van der Waals surface area contributed by atoms with E-state index in [4.69, 9.17) is 4.74 Å². The van der Waals surface area contributed by atoms with Crippen molar-refractivity contribution in [2.45, 2.75) is 12.5 Å². The monoisotopic (exact) mass is 197 g/mol. The molecule has 4 heteroatoms. The number of nitrogens with one attached hydrogen (secondary N) is 1. The molecular weight excluding hydrogens is 186 g/mol. The van der Waals surface area contributed by atoms with Crippen molar-refractivity contribution in [2.75, 3.05) is 13.7 Å². The topological polar surface area (TPSA) is 38.3 Å². The van der Waals surface area contributed by atoms with Crippen molar-refractivity contribution in [3.63, 3.8) is 0 Å². The summed E-state index contributed by atoms with van der Waals surface area (Å²) in [7, 11) is 1.43. The number of hydrogen-bond acceptors (Lipinski definition) is 4. The Balaban J connectivity index is 2.30. The summed E-state index contributed by atoms with van der Waals surface area (Å²) in [5.74, 6) is -0.258. The van der Waals surface area contributed by atoms with Crippen LogP contribution in [-0.2, 0) is 16.1 Å². The summed E-state index contributed by atoms with van der Waals surface area (Å²) in [4.78, 5) is 12.6. The number of carbonyl (C=O) groups is 1. The van der Waals surface area contributed by atoms with Gasteiger partial charge in [0, 0.05) is 18.0 Å². The summed E-state index contributed by atoms with van der Waals surface area (Å²) in [6, 6.07) is 2.02. The summed E-state index contributed by atoms with van der Waals surface area (Å²) in [6.07, 6.45) is 0. The minimum absolute atomic E-state index is 0.111. The normalized spacial score (nSPS) is 20.8. The molecule has 0 bridgehead atoms. The summed E-state index contributed by atoms with van der Waals surface area (Å²) >= 11 is 1.69. The Hall–Kier alpha value is -0.870. The van der Waals surface area contributed by atoms with E-state index >= 15 is 0 Å². The Morgan fingerprint density at radius 3 is 3.38 bits per heavy atom. The van der Waals surface area contributed by atoms with Gasteiger partial charge in [-0.1, -0.05) is 0 Å². The Kier molecular flexibility index (Phi) is 2.33. The average Bonchev–Trinajstić information content (AvgIpc) is 2.63. The second kappa shape index (κ2) is 3.47. The Morgan fingerprint density at radius 1 is 1.77 bits per heavy atom. The number of ether oxygens (including phenoxy) is 1. The van der Waals surface area contributed by atoms with Gasteiger partial charge in [-0.3, -0.25) is 4.79 Å². The van der Waals surface area contributed by atoms with Crippen LogP contribution in [0.15, 0.2) is 11.4 Å². The van der Waals surface area contributed by atoms with Crippen LogP contribution in [0.3, 0.4) is 0 Å². The summed E-state index contributed by atoms with van der Waals surface area (Å²) in [5, 5.41) is 5.22. The Bertz CT molecular complexity index is 321. The van der Waals surface area contributed by atoms with Gasteiger partial charge in [0.25, 0.3) is 0 Å². The van der Waals surface area contributed by atoms with E-state index in [2.05, 4.69) is 5.32 Å². The van der Waals surface area contributed by atoms with Crippen LogP contribution >= 0.6 is 11.3 Å². The maximum Gasteiger partial charge on any atom is 0.314 e. The zero-order valence-electron chi connectivity index (χ0n) is 7.37. The number of rotatable bonds is 1. The molecule has 2 rings (SSSR count). The third-order valence-electron chi connectivity index (χ3n) is 2.28. The van der Waals surface area contributed by atoms with E-state index in [1.165, 1.54) is 12.0 Å². The first-order chi connectivity index (χ1) is 6.33. The molecule has 0 amide bonds. The molecule has 13 heavy (non-hydrogen) atoms. The van der Waals surface area contributed by atoms with E-state index in [1.54, 1.807) is 11.3 Å². The fourth-order valence-corrected chi connectivity index (χ4v) is 2.51. The fourth-order valence-electron chi connectivity index (χ4n) is 1.60. The lowest BCUT2D eigenvalue weighted by Gasteiger charge is -2.21. The van der Waals surface area contributed by atoms with Crippen LogP contribution in [0, 0.1) is 0 Å². The second-order valence-corrected chi connectivity index (χ2v) is 4.01. The van der Waals surface area contributed by atoms with Gasteiger partial charge in [-0.15, -0.1) is 11.3 Å². The number of hydrogen-bond donors (Lipinski definition) is 1. The molecule has 0 spiro atoms. The Labute approximate surface area is 80.7 Å². The molecule has 1 aliphatic rings. The molecule has 1 aromatic heterocycles. The minimum Gasteiger partial charge on any atom is -0.469 e. The van der Waals surface area contributed by atoms with Crippen LogP contribution in [-0.4, -0.2) is 19.6 Å². The number of thiophene rings is 1. The van der Waals surface area contributed by atoms with Gasteiger partial charge in [-0.25, -0.2) is 0 Å². The van der Waals surface area contributed by atoms with E-state index in [-0.39, 0.29) is 11.9 Å². The number of methoxy groups -OCH3 is 1. The van der Waals surface area contributed by atoms with E-state index in [1.807, 2.05) is 11.4 Å². The smallest absolute Gasteiger partial charge is 0.314 e. The molecule has 0 radical (unpaired) electrons. The predicted octanol–water partition coefficient (Wildman–Crippen LogP) is 1.11. The summed E-state index contributed by atoms with van der Waals surface area (Å²) in [6.45, 7) is 1.57. The molecule has 70 valence electrons.